The zero-order chi connectivity index (χ0) is 25.7. The lowest BCUT2D eigenvalue weighted by Crippen LogP contribution is -2.43. The number of carbonyl (C=O) groups excluding carboxylic acids is 2. The van der Waals surface area contributed by atoms with Gasteiger partial charge in [0.15, 0.2) is 0 Å². The molecule has 2 aromatic carbocycles. The normalized spacial score (nSPS) is 11.1. The van der Waals surface area contributed by atoms with Crippen LogP contribution in [0.1, 0.15) is 45.2 Å². The Kier molecular flexibility index (Phi) is 8.33. The zero-order valence-corrected chi connectivity index (χ0v) is 21.8. The van der Waals surface area contributed by atoms with Crippen LogP contribution in [0.4, 0.5) is 5.95 Å². The lowest BCUT2D eigenvalue weighted by Gasteiger charge is -2.27. The fraction of sp³-hybridized carbons (Fsp3) is 0.393. The SMILES string of the molecule is COc1ccc(-c2cn(-c3ccc(C)c(C)c3)c(NC(=O)CN(C(=O)CC(C)C)C(C)C)n2)cc1. The number of benzene rings is 2. The second-order valence-corrected chi connectivity index (χ2v) is 9.58. The summed E-state index contributed by atoms with van der Waals surface area (Å²) >= 11 is 0. The second kappa shape index (κ2) is 11.2. The smallest absolute Gasteiger partial charge is 0.246 e. The quantitative estimate of drug-likeness (QED) is 0.449. The largest absolute Gasteiger partial charge is 0.497 e. The molecule has 0 unspecified atom stereocenters. The highest BCUT2D eigenvalue weighted by Gasteiger charge is 2.22. The molecule has 3 rings (SSSR count). The number of aryl methyl sites for hydroxylation is 2. The van der Waals surface area contributed by atoms with Crippen molar-refractivity contribution in [3.63, 3.8) is 0 Å². The molecule has 0 aliphatic heterocycles. The first-order valence-corrected chi connectivity index (χ1v) is 12.0. The second-order valence-electron chi connectivity index (χ2n) is 9.58. The summed E-state index contributed by atoms with van der Waals surface area (Å²) in [5, 5.41) is 2.94. The van der Waals surface area contributed by atoms with Crippen LogP contribution in [0.3, 0.4) is 0 Å². The zero-order valence-electron chi connectivity index (χ0n) is 21.8. The molecule has 1 heterocycles. The number of imidazole rings is 1. The van der Waals surface area contributed by atoms with Crippen molar-refractivity contribution in [2.45, 2.75) is 54.0 Å². The molecule has 1 N–H and O–H groups in total. The van der Waals surface area contributed by atoms with E-state index in [2.05, 4.69) is 31.3 Å². The van der Waals surface area contributed by atoms with Crippen molar-refractivity contribution in [3.8, 4) is 22.7 Å². The van der Waals surface area contributed by atoms with E-state index in [9.17, 15) is 9.59 Å². The fourth-order valence-electron chi connectivity index (χ4n) is 3.79. The number of hydrogen-bond acceptors (Lipinski definition) is 4. The summed E-state index contributed by atoms with van der Waals surface area (Å²) in [4.78, 5) is 32.1. The Morgan fingerprint density at radius 1 is 1.03 bits per heavy atom. The number of hydrogen-bond donors (Lipinski definition) is 1. The maximum Gasteiger partial charge on any atom is 0.246 e. The maximum absolute atomic E-state index is 13.1. The van der Waals surface area contributed by atoms with Crippen LogP contribution in [0.5, 0.6) is 5.75 Å². The third-order valence-corrected chi connectivity index (χ3v) is 5.95. The number of aromatic nitrogens is 2. The summed E-state index contributed by atoms with van der Waals surface area (Å²) in [5.41, 5.74) is 4.85. The van der Waals surface area contributed by atoms with E-state index in [4.69, 9.17) is 9.72 Å². The molecule has 0 aliphatic rings. The monoisotopic (exact) mass is 476 g/mol. The molecule has 0 fully saturated rings. The van der Waals surface area contributed by atoms with Gasteiger partial charge in [0, 0.05) is 29.9 Å². The molecule has 0 radical (unpaired) electrons. The first-order chi connectivity index (χ1) is 16.6. The number of carbonyl (C=O) groups is 2. The number of nitrogens with one attached hydrogen (secondary N) is 1. The van der Waals surface area contributed by atoms with Gasteiger partial charge in [-0.25, -0.2) is 4.98 Å². The van der Waals surface area contributed by atoms with Gasteiger partial charge in [0.25, 0.3) is 0 Å². The van der Waals surface area contributed by atoms with Gasteiger partial charge < -0.3 is 9.64 Å². The number of amides is 2. The van der Waals surface area contributed by atoms with Gasteiger partial charge in [-0.2, -0.15) is 0 Å². The molecule has 3 aromatic rings. The van der Waals surface area contributed by atoms with Crippen molar-refractivity contribution < 1.29 is 14.3 Å². The average Bonchev–Trinajstić information content (AvgIpc) is 3.22. The van der Waals surface area contributed by atoms with Crippen LogP contribution in [0.25, 0.3) is 16.9 Å². The van der Waals surface area contributed by atoms with Crippen molar-refractivity contribution in [3.05, 3.63) is 59.8 Å². The molecule has 0 saturated heterocycles. The molecule has 0 atom stereocenters. The Morgan fingerprint density at radius 3 is 2.29 bits per heavy atom. The van der Waals surface area contributed by atoms with Crippen LogP contribution in [-0.2, 0) is 9.59 Å². The van der Waals surface area contributed by atoms with E-state index in [1.807, 2.05) is 68.8 Å². The minimum atomic E-state index is -0.284. The third kappa shape index (κ3) is 6.50. The summed E-state index contributed by atoms with van der Waals surface area (Å²) in [6.07, 6.45) is 2.32. The van der Waals surface area contributed by atoms with Crippen molar-refractivity contribution >= 4 is 17.8 Å². The van der Waals surface area contributed by atoms with Crippen molar-refractivity contribution in [1.29, 1.82) is 0 Å². The van der Waals surface area contributed by atoms with Gasteiger partial charge in [-0.3, -0.25) is 19.5 Å². The van der Waals surface area contributed by atoms with E-state index < -0.39 is 0 Å². The number of nitrogens with zero attached hydrogens (tertiary/aromatic N) is 3. The highest BCUT2D eigenvalue weighted by molar-refractivity contribution is 5.94. The van der Waals surface area contributed by atoms with Crippen LogP contribution in [-0.4, -0.2) is 46.0 Å². The minimum Gasteiger partial charge on any atom is -0.497 e. The Balaban J connectivity index is 1.94. The molecule has 2 amide bonds. The Morgan fingerprint density at radius 2 is 1.71 bits per heavy atom. The topological polar surface area (TPSA) is 76.5 Å². The highest BCUT2D eigenvalue weighted by atomic mass is 16.5. The molecule has 0 saturated carbocycles. The number of rotatable bonds is 9. The summed E-state index contributed by atoms with van der Waals surface area (Å²) in [7, 11) is 1.63. The molecule has 0 spiro atoms. The van der Waals surface area contributed by atoms with Gasteiger partial charge in [0.05, 0.1) is 12.8 Å². The predicted molar refractivity (Wildman–Crippen MR) is 140 cm³/mol. The van der Waals surface area contributed by atoms with E-state index in [-0.39, 0.29) is 30.3 Å². The van der Waals surface area contributed by atoms with Crippen molar-refractivity contribution in [2.75, 3.05) is 19.0 Å². The van der Waals surface area contributed by atoms with E-state index in [0.717, 1.165) is 28.3 Å². The van der Waals surface area contributed by atoms with Crippen LogP contribution in [0.15, 0.2) is 48.7 Å². The average molecular weight is 477 g/mol. The summed E-state index contributed by atoms with van der Waals surface area (Å²) in [6, 6.07) is 13.7. The van der Waals surface area contributed by atoms with Crippen LogP contribution < -0.4 is 10.1 Å². The van der Waals surface area contributed by atoms with Gasteiger partial charge in [-0.15, -0.1) is 0 Å². The van der Waals surface area contributed by atoms with Gasteiger partial charge in [-0.1, -0.05) is 19.9 Å². The lowest BCUT2D eigenvalue weighted by molar-refractivity contribution is -0.137. The molecule has 0 bridgehead atoms. The first-order valence-electron chi connectivity index (χ1n) is 12.0. The lowest BCUT2D eigenvalue weighted by atomic mass is 10.1. The van der Waals surface area contributed by atoms with Gasteiger partial charge in [0.1, 0.15) is 12.3 Å². The van der Waals surface area contributed by atoms with E-state index in [0.29, 0.717) is 12.4 Å². The number of methoxy groups -OCH3 is 1. The molecule has 186 valence electrons. The Hall–Kier alpha value is -3.61. The Labute approximate surface area is 208 Å². The number of anilines is 1. The van der Waals surface area contributed by atoms with Gasteiger partial charge >= 0.3 is 0 Å². The summed E-state index contributed by atoms with van der Waals surface area (Å²) < 4.78 is 7.14. The molecule has 1 aromatic heterocycles. The highest BCUT2D eigenvalue weighted by Crippen LogP contribution is 2.27. The predicted octanol–water partition coefficient (Wildman–Crippen LogP) is 5.39. The van der Waals surface area contributed by atoms with E-state index in [1.54, 1.807) is 12.0 Å². The Bertz CT molecular complexity index is 1180. The summed E-state index contributed by atoms with van der Waals surface area (Å²) in [5.74, 6) is 1.08. The molecule has 7 nitrogen and oxygen atoms in total. The minimum absolute atomic E-state index is 0.0263. The molecular weight excluding hydrogens is 440 g/mol. The van der Waals surface area contributed by atoms with Gasteiger partial charge in [-0.05, 0) is 81.1 Å². The van der Waals surface area contributed by atoms with Gasteiger partial charge in [0.2, 0.25) is 17.8 Å². The summed E-state index contributed by atoms with van der Waals surface area (Å²) in [6.45, 7) is 11.9. The third-order valence-electron chi connectivity index (χ3n) is 5.95. The fourth-order valence-corrected chi connectivity index (χ4v) is 3.79. The van der Waals surface area contributed by atoms with Crippen LogP contribution >= 0.6 is 0 Å². The van der Waals surface area contributed by atoms with Crippen molar-refractivity contribution in [2.24, 2.45) is 5.92 Å². The maximum atomic E-state index is 13.1. The standard InChI is InChI=1S/C28H36N4O3/c1-18(2)14-27(34)31(19(3)4)17-26(33)30-28-29-25(22-9-12-24(35-7)13-10-22)16-32(28)23-11-8-20(5)21(6)15-23/h8-13,15-16,18-19H,14,17H2,1-7H3,(H,29,30,33). The molecule has 7 heteroatoms. The van der Waals surface area contributed by atoms with E-state index in [1.165, 1.54) is 5.56 Å². The van der Waals surface area contributed by atoms with Crippen LogP contribution in [0.2, 0.25) is 0 Å². The molecule has 0 aliphatic carbocycles. The first kappa shape index (κ1) is 26.0. The van der Waals surface area contributed by atoms with Crippen molar-refractivity contribution in [1.82, 2.24) is 14.5 Å². The number of ether oxygens (including phenoxy) is 1. The van der Waals surface area contributed by atoms with Crippen LogP contribution in [0, 0.1) is 19.8 Å². The van der Waals surface area contributed by atoms with E-state index >= 15 is 0 Å². The molecule has 35 heavy (non-hydrogen) atoms. The molecular formula is C28H36N4O3.